The largest absolute Gasteiger partial charge is 0.300 e. The van der Waals surface area contributed by atoms with E-state index >= 15 is 0 Å². The zero-order chi connectivity index (χ0) is 14.0. The van der Waals surface area contributed by atoms with E-state index in [0.717, 1.165) is 30.2 Å². The topological polar surface area (TPSA) is 33.2 Å². The summed E-state index contributed by atoms with van der Waals surface area (Å²) < 4.78 is 0. The minimum absolute atomic E-state index is 0.209. The first kappa shape index (κ1) is 14.7. The van der Waals surface area contributed by atoms with E-state index in [-0.39, 0.29) is 5.92 Å². The lowest BCUT2D eigenvalue weighted by Gasteiger charge is -2.33. The summed E-state index contributed by atoms with van der Waals surface area (Å²) in [5.74, 6) is 1.73. The van der Waals surface area contributed by atoms with Gasteiger partial charge in [0.1, 0.15) is 5.78 Å². The van der Waals surface area contributed by atoms with Gasteiger partial charge in [-0.25, -0.2) is 4.98 Å². The van der Waals surface area contributed by atoms with Crippen LogP contribution < -0.4 is 0 Å². The van der Waals surface area contributed by atoms with Gasteiger partial charge in [-0.3, -0.25) is 9.69 Å². The number of nitrogens with zero attached hydrogens (tertiary/aromatic N) is 2. The minimum atomic E-state index is 0.209. The van der Waals surface area contributed by atoms with Gasteiger partial charge < -0.3 is 0 Å². The molecule has 1 heterocycles. The van der Waals surface area contributed by atoms with Crippen molar-refractivity contribution in [2.24, 2.45) is 17.8 Å². The monoisotopic (exact) mass is 280 g/mol. The van der Waals surface area contributed by atoms with E-state index in [4.69, 9.17) is 0 Å². The Kier molecular flexibility index (Phi) is 4.74. The Balaban J connectivity index is 1.91. The summed E-state index contributed by atoms with van der Waals surface area (Å²) in [7, 11) is 2.09. The fourth-order valence-electron chi connectivity index (χ4n) is 3.13. The van der Waals surface area contributed by atoms with Crippen molar-refractivity contribution in [3.05, 3.63) is 16.1 Å². The zero-order valence-corrected chi connectivity index (χ0v) is 13.2. The van der Waals surface area contributed by atoms with Crippen molar-refractivity contribution >= 4 is 17.1 Å². The summed E-state index contributed by atoms with van der Waals surface area (Å²) in [6.07, 6.45) is 1.94. The summed E-state index contributed by atoms with van der Waals surface area (Å²) in [6.45, 7) is 8.15. The van der Waals surface area contributed by atoms with Crippen molar-refractivity contribution in [3.8, 4) is 0 Å². The number of carbonyl (C=O) groups is 1. The SMILES string of the molecule is Cc1nc(CN(C)CC2C(=O)CC(C)CC2C)cs1. The first-order valence-electron chi connectivity index (χ1n) is 7.08. The van der Waals surface area contributed by atoms with Crippen LogP contribution in [0.3, 0.4) is 0 Å². The smallest absolute Gasteiger partial charge is 0.137 e. The van der Waals surface area contributed by atoms with Gasteiger partial charge in [0.25, 0.3) is 0 Å². The summed E-state index contributed by atoms with van der Waals surface area (Å²) in [6, 6.07) is 0. The highest BCUT2D eigenvalue weighted by Gasteiger charge is 2.32. The Morgan fingerprint density at radius 2 is 2.21 bits per heavy atom. The van der Waals surface area contributed by atoms with Gasteiger partial charge in [-0.15, -0.1) is 11.3 Å². The second kappa shape index (κ2) is 6.14. The van der Waals surface area contributed by atoms with Crippen LogP contribution in [0.5, 0.6) is 0 Å². The van der Waals surface area contributed by atoms with E-state index in [1.54, 1.807) is 11.3 Å². The number of thiazole rings is 1. The van der Waals surface area contributed by atoms with Gasteiger partial charge in [0.2, 0.25) is 0 Å². The third-order valence-corrected chi connectivity index (χ3v) is 4.85. The molecule has 19 heavy (non-hydrogen) atoms. The summed E-state index contributed by atoms with van der Waals surface area (Å²) in [5, 5.41) is 3.22. The predicted molar refractivity (Wildman–Crippen MR) is 79.2 cm³/mol. The number of ketones is 1. The lowest BCUT2D eigenvalue weighted by molar-refractivity contribution is -0.128. The first-order chi connectivity index (χ1) is 8.95. The molecule has 3 nitrogen and oxygen atoms in total. The molecule has 106 valence electrons. The van der Waals surface area contributed by atoms with E-state index < -0.39 is 0 Å². The Morgan fingerprint density at radius 1 is 1.47 bits per heavy atom. The van der Waals surface area contributed by atoms with Crippen LogP contribution in [0.1, 0.15) is 37.4 Å². The van der Waals surface area contributed by atoms with Gasteiger partial charge in [-0.1, -0.05) is 13.8 Å². The molecule has 0 aromatic carbocycles. The maximum Gasteiger partial charge on any atom is 0.137 e. The van der Waals surface area contributed by atoms with Gasteiger partial charge in [-0.2, -0.15) is 0 Å². The average molecular weight is 280 g/mol. The van der Waals surface area contributed by atoms with Crippen LogP contribution in [-0.4, -0.2) is 29.3 Å². The summed E-state index contributed by atoms with van der Waals surface area (Å²) in [5.41, 5.74) is 1.12. The summed E-state index contributed by atoms with van der Waals surface area (Å²) in [4.78, 5) is 18.9. The molecule has 0 radical (unpaired) electrons. The quantitative estimate of drug-likeness (QED) is 0.849. The maximum absolute atomic E-state index is 12.2. The standard InChI is InChI=1S/C15H24N2OS/c1-10-5-11(2)14(15(18)6-10)8-17(4)7-13-9-19-12(3)16-13/h9-11,14H,5-8H2,1-4H3. The maximum atomic E-state index is 12.2. The molecule has 1 fully saturated rings. The van der Waals surface area contributed by atoms with E-state index in [0.29, 0.717) is 17.6 Å². The fraction of sp³-hybridized carbons (Fsp3) is 0.733. The van der Waals surface area contributed by atoms with Crippen molar-refractivity contribution < 1.29 is 4.79 Å². The molecule has 1 aromatic heterocycles. The molecule has 3 atom stereocenters. The highest BCUT2D eigenvalue weighted by Crippen LogP contribution is 2.31. The molecule has 0 spiro atoms. The first-order valence-corrected chi connectivity index (χ1v) is 7.96. The molecule has 0 aliphatic heterocycles. The van der Waals surface area contributed by atoms with Gasteiger partial charge in [0.15, 0.2) is 0 Å². The molecule has 0 amide bonds. The number of rotatable bonds is 4. The fourth-order valence-corrected chi connectivity index (χ4v) is 3.74. The Bertz CT molecular complexity index is 443. The molecule has 0 saturated heterocycles. The normalized spacial score (nSPS) is 28.1. The molecule has 1 saturated carbocycles. The lowest BCUT2D eigenvalue weighted by atomic mass is 9.74. The third-order valence-electron chi connectivity index (χ3n) is 4.03. The molecule has 1 aliphatic carbocycles. The Hall–Kier alpha value is -0.740. The number of hydrogen-bond acceptors (Lipinski definition) is 4. The molecular weight excluding hydrogens is 256 g/mol. The van der Waals surface area contributed by atoms with E-state index in [9.17, 15) is 4.79 Å². The Labute approximate surface area is 120 Å². The van der Waals surface area contributed by atoms with Crippen molar-refractivity contribution in [1.29, 1.82) is 0 Å². The van der Waals surface area contributed by atoms with Crippen LogP contribution in [0.4, 0.5) is 0 Å². The van der Waals surface area contributed by atoms with Crippen LogP contribution in [0.2, 0.25) is 0 Å². The van der Waals surface area contributed by atoms with E-state index in [2.05, 4.69) is 36.2 Å². The van der Waals surface area contributed by atoms with Crippen molar-refractivity contribution in [2.75, 3.05) is 13.6 Å². The number of Topliss-reactive ketones (excluding diaryl/α,β-unsaturated/α-hetero) is 1. The zero-order valence-electron chi connectivity index (χ0n) is 12.3. The molecular formula is C15H24N2OS. The third kappa shape index (κ3) is 3.86. The van der Waals surface area contributed by atoms with E-state index in [1.165, 1.54) is 6.42 Å². The molecule has 1 aliphatic rings. The van der Waals surface area contributed by atoms with Gasteiger partial charge in [0.05, 0.1) is 10.7 Å². The van der Waals surface area contributed by atoms with Crippen LogP contribution in [0.15, 0.2) is 5.38 Å². The van der Waals surface area contributed by atoms with Crippen molar-refractivity contribution in [1.82, 2.24) is 9.88 Å². The molecule has 0 N–H and O–H groups in total. The van der Waals surface area contributed by atoms with Crippen LogP contribution in [0.25, 0.3) is 0 Å². The Morgan fingerprint density at radius 3 is 2.79 bits per heavy atom. The van der Waals surface area contributed by atoms with Gasteiger partial charge in [0, 0.05) is 30.8 Å². The molecule has 1 aromatic rings. The minimum Gasteiger partial charge on any atom is -0.300 e. The second-order valence-corrected chi connectivity index (χ2v) is 7.21. The van der Waals surface area contributed by atoms with Crippen molar-refractivity contribution in [3.63, 3.8) is 0 Å². The van der Waals surface area contributed by atoms with Crippen LogP contribution in [-0.2, 0) is 11.3 Å². The highest BCUT2D eigenvalue weighted by molar-refractivity contribution is 7.09. The average Bonchev–Trinajstić information content (AvgIpc) is 2.69. The second-order valence-electron chi connectivity index (χ2n) is 6.15. The number of aromatic nitrogens is 1. The van der Waals surface area contributed by atoms with Gasteiger partial charge in [-0.05, 0) is 32.2 Å². The number of aryl methyl sites for hydroxylation is 1. The van der Waals surface area contributed by atoms with Crippen LogP contribution >= 0.6 is 11.3 Å². The van der Waals surface area contributed by atoms with Crippen molar-refractivity contribution in [2.45, 2.75) is 40.2 Å². The summed E-state index contributed by atoms with van der Waals surface area (Å²) >= 11 is 1.69. The molecule has 4 heteroatoms. The lowest BCUT2D eigenvalue weighted by Crippen LogP contribution is -2.38. The number of carbonyl (C=O) groups excluding carboxylic acids is 1. The number of hydrogen-bond donors (Lipinski definition) is 0. The van der Waals surface area contributed by atoms with Gasteiger partial charge >= 0.3 is 0 Å². The molecule has 3 unspecified atom stereocenters. The molecule has 2 rings (SSSR count). The molecule has 0 bridgehead atoms. The predicted octanol–water partition coefficient (Wildman–Crippen LogP) is 3.13. The van der Waals surface area contributed by atoms with E-state index in [1.807, 2.05) is 6.92 Å². The highest BCUT2D eigenvalue weighted by atomic mass is 32.1. The van der Waals surface area contributed by atoms with Crippen LogP contribution in [0, 0.1) is 24.7 Å².